The van der Waals surface area contributed by atoms with Crippen molar-refractivity contribution in [2.24, 2.45) is 0 Å². The lowest BCUT2D eigenvalue weighted by Crippen LogP contribution is -2.35. The van der Waals surface area contributed by atoms with Crippen LogP contribution in [0.4, 0.5) is 5.69 Å². The second-order valence-electron chi connectivity index (χ2n) is 5.89. The molecule has 134 valence electrons. The molecule has 2 aromatic carbocycles. The van der Waals surface area contributed by atoms with Gasteiger partial charge >= 0.3 is 0 Å². The highest BCUT2D eigenvalue weighted by Crippen LogP contribution is 2.25. The molecular weight excluding hydrogens is 384 g/mol. The van der Waals surface area contributed by atoms with Crippen LogP contribution in [0, 0.1) is 0 Å². The summed E-state index contributed by atoms with van der Waals surface area (Å²) in [5, 5.41) is 0.452. The first-order valence-electron chi connectivity index (χ1n) is 7.50. The summed E-state index contributed by atoms with van der Waals surface area (Å²) in [6.07, 6.45) is 1.78. The zero-order valence-electron chi connectivity index (χ0n) is 13.4. The molecule has 0 amide bonds. The Morgan fingerprint density at radius 2 is 1.68 bits per heavy atom. The predicted molar refractivity (Wildman–Crippen MR) is 97.7 cm³/mol. The van der Waals surface area contributed by atoms with Crippen molar-refractivity contribution in [3.8, 4) is 0 Å². The highest BCUT2D eigenvalue weighted by atomic mass is 35.5. The number of nitrogens with one attached hydrogen (secondary N) is 1. The normalized spacial score (nSPS) is 15.6. The summed E-state index contributed by atoms with van der Waals surface area (Å²) in [6, 6.07) is 11.1. The van der Waals surface area contributed by atoms with Crippen molar-refractivity contribution in [3.05, 3.63) is 58.6 Å². The monoisotopic (exact) mass is 400 g/mol. The Labute approximate surface area is 152 Å². The molecule has 0 aliphatic carbocycles. The van der Waals surface area contributed by atoms with Crippen LogP contribution in [0.15, 0.2) is 47.4 Å². The second-order valence-corrected chi connectivity index (χ2v) is 9.99. The van der Waals surface area contributed by atoms with Crippen molar-refractivity contribution in [1.82, 2.24) is 4.31 Å². The number of hydrogen-bond acceptors (Lipinski definition) is 4. The zero-order chi connectivity index (χ0) is 18.2. The molecule has 9 heteroatoms. The fraction of sp³-hybridized carbons (Fsp3) is 0.250. The Hall–Kier alpha value is -1.61. The Balaban J connectivity index is 1.86. The van der Waals surface area contributed by atoms with Crippen LogP contribution >= 0.6 is 11.6 Å². The largest absolute Gasteiger partial charge is 0.280 e. The summed E-state index contributed by atoms with van der Waals surface area (Å²) in [5.41, 5.74) is 2.21. The van der Waals surface area contributed by atoms with Gasteiger partial charge in [0.2, 0.25) is 10.0 Å². The van der Waals surface area contributed by atoms with Gasteiger partial charge in [-0.2, -0.15) is 4.31 Å². The molecule has 0 aromatic heterocycles. The number of sulfonamides is 2. The van der Waals surface area contributed by atoms with Gasteiger partial charge in [-0.3, -0.25) is 4.72 Å². The SMILES string of the molecule is CS(=O)(=O)N1CCc2ccc(NS(=O)(=O)c3ccc(Cl)cc3)cc2C1. The van der Waals surface area contributed by atoms with Gasteiger partial charge in [0.1, 0.15) is 0 Å². The highest BCUT2D eigenvalue weighted by Gasteiger charge is 2.23. The van der Waals surface area contributed by atoms with E-state index in [2.05, 4.69) is 4.72 Å². The lowest BCUT2D eigenvalue weighted by atomic mass is 10.0. The quantitative estimate of drug-likeness (QED) is 0.854. The zero-order valence-corrected chi connectivity index (χ0v) is 15.8. The average molecular weight is 401 g/mol. The molecule has 25 heavy (non-hydrogen) atoms. The van der Waals surface area contributed by atoms with Crippen molar-refractivity contribution >= 4 is 37.3 Å². The number of rotatable bonds is 4. The molecule has 0 spiro atoms. The standard InChI is InChI=1S/C16H17ClN2O4S2/c1-24(20,21)19-9-8-12-2-5-15(10-13(12)11-19)18-25(22,23)16-6-3-14(17)4-7-16/h2-7,10,18H,8-9,11H2,1H3. The minimum Gasteiger partial charge on any atom is -0.280 e. The fourth-order valence-electron chi connectivity index (χ4n) is 2.71. The minimum atomic E-state index is -3.74. The van der Waals surface area contributed by atoms with Gasteiger partial charge in [-0.25, -0.2) is 16.8 Å². The molecule has 0 unspecified atom stereocenters. The molecule has 3 rings (SSSR count). The molecular formula is C16H17ClN2O4S2. The highest BCUT2D eigenvalue weighted by molar-refractivity contribution is 7.92. The first kappa shape index (κ1) is 18.2. The molecule has 0 atom stereocenters. The average Bonchev–Trinajstić information content (AvgIpc) is 2.53. The van der Waals surface area contributed by atoms with Gasteiger partial charge in [-0.05, 0) is 53.9 Å². The lowest BCUT2D eigenvalue weighted by Gasteiger charge is -2.27. The van der Waals surface area contributed by atoms with E-state index in [-0.39, 0.29) is 11.4 Å². The van der Waals surface area contributed by atoms with Gasteiger partial charge in [0, 0.05) is 23.8 Å². The van der Waals surface area contributed by atoms with E-state index >= 15 is 0 Å². The van der Waals surface area contributed by atoms with Gasteiger partial charge < -0.3 is 0 Å². The van der Waals surface area contributed by atoms with E-state index in [1.165, 1.54) is 34.8 Å². The third-order valence-corrected chi connectivity index (χ3v) is 6.93. The molecule has 1 N–H and O–H groups in total. The van der Waals surface area contributed by atoms with Crippen molar-refractivity contribution < 1.29 is 16.8 Å². The van der Waals surface area contributed by atoms with E-state index in [4.69, 9.17) is 11.6 Å². The van der Waals surface area contributed by atoms with Crippen LogP contribution < -0.4 is 4.72 Å². The van der Waals surface area contributed by atoms with E-state index in [0.717, 1.165) is 11.1 Å². The molecule has 1 aliphatic heterocycles. The van der Waals surface area contributed by atoms with Crippen LogP contribution in [0.3, 0.4) is 0 Å². The Morgan fingerprint density at radius 3 is 2.32 bits per heavy atom. The second kappa shape index (κ2) is 6.60. The number of hydrogen-bond donors (Lipinski definition) is 1. The van der Waals surface area contributed by atoms with Crippen molar-refractivity contribution in [3.63, 3.8) is 0 Å². The fourth-order valence-corrected chi connectivity index (χ4v) is 4.68. The molecule has 0 bridgehead atoms. The number of anilines is 1. The topological polar surface area (TPSA) is 83.6 Å². The van der Waals surface area contributed by atoms with Crippen LogP contribution in [0.2, 0.25) is 5.02 Å². The first-order chi connectivity index (χ1) is 11.6. The van der Waals surface area contributed by atoms with Crippen LogP contribution in [0.25, 0.3) is 0 Å². The molecule has 0 radical (unpaired) electrons. The van der Waals surface area contributed by atoms with Crippen molar-refractivity contribution in [2.45, 2.75) is 17.9 Å². The summed E-state index contributed by atoms with van der Waals surface area (Å²) >= 11 is 5.78. The van der Waals surface area contributed by atoms with Gasteiger partial charge in [0.05, 0.1) is 11.2 Å². The molecule has 1 aliphatic rings. The van der Waals surface area contributed by atoms with Crippen LogP contribution in [0.1, 0.15) is 11.1 Å². The summed E-state index contributed by atoms with van der Waals surface area (Å²) in [6.45, 7) is 0.673. The van der Waals surface area contributed by atoms with E-state index in [1.54, 1.807) is 12.1 Å². The van der Waals surface area contributed by atoms with E-state index in [1.807, 2.05) is 6.07 Å². The third kappa shape index (κ3) is 4.14. The maximum Gasteiger partial charge on any atom is 0.261 e. The predicted octanol–water partition coefficient (Wildman–Crippen LogP) is 2.46. The summed E-state index contributed by atoms with van der Waals surface area (Å²) in [4.78, 5) is 0.104. The van der Waals surface area contributed by atoms with Gasteiger partial charge in [0.15, 0.2) is 0 Å². The van der Waals surface area contributed by atoms with Crippen molar-refractivity contribution in [2.75, 3.05) is 17.5 Å². The number of benzene rings is 2. The molecule has 2 aromatic rings. The van der Waals surface area contributed by atoms with Crippen molar-refractivity contribution in [1.29, 1.82) is 0 Å². The Bertz CT molecular complexity index is 1000. The van der Waals surface area contributed by atoms with E-state index < -0.39 is 20.0 Å². The third-order valence-electron chi connectivity index (χ3n) is 4.03. The summed E-state index contributed by atoms with van der Waals surface area (Å²) in [7, 11) is -7.02. The van der Waals surface area contributed by atoms with E-state index in [0.29, 0.717) is 23.7 Å². The maximum atomic E-state index is 12.4. The minimum absolute atomic E-state index is 0.104. The molecule has 0 fully saturated rings. The number of fused-ring (bicyclic) bond motifs is 1. The first-order valence-corrected chi connectivity index (χ1v) is 11.2. The number of nitrogens with zero attached hydrogens (tertiary/aromatic N) is 1. The summed E-state index contributed by atoms with van der Waals surface area (Å²) in [5.74, 6) is 0. The number of halogens is 1. The van der Waals surface area contributed by atoms with Crippen LogP contribution in [0.5, 0.6) is 0 Å². The summed E-state index contributed by atoms with van der Waals surface area (Å²) < 4.78 is 52.2. The van der Waals surface area contributed by atoms with Crippen LogP contribution in [-0.4, -0.2) is 33.9 Å². The van der Waals surface area contributed by atoms with Gasteiger partial charge in [-0.15, -0.1) is 0 Å². The Morgan fingerprint density at radius 1 is 1.00 bits per heavy atom. The van der Waals surface area contributed by atoms with Crippen LogP contribution in [-0.2, 0) is 33.0 Å². The van der Waals surface area contributed by atoms with Gasteiger partial charge in [-0.1, -0.05) is 17.7 Å². The maximum absolute atomic E-state index is 12.4. The molecule has 0 saturated heterocycles. The van der Waals surface area contributed by atoms with Gasteiger partial charge in [0.25, 0.3) is 10.0 Å². The lowest BCUT2D eigenvalue weighted by molar-refractivity contribution is 0.395. The van der Waals surface area contributed by atoms with E-state index in [9.17, 15) is 16.8 Å². The molecule has 6 nitrogen and oxygen atoms in total. The Kier molecular flexibility index (Phi) is 4.80. The molecule has 0 saturated carbocycles. The smallest absolute Gasteiger partial charge is 0.261 e. The molecule has 1 heterocycles.